The first-order chi connectivity index (χ1) is 8.67. The van der Waals surface area contributed by atoms with Crippen molar-refractivity contribution in [1.82, 2.24) is 5.32 Å². The van der Waals surface area contributed by atoms with E-state index in [9.17, 15) is 4.79 Å². The Balaban J connectivity index is 0.00000324. The molecular weight excluding hydrogens is 264 g/mol. The second-order valence-electron chi connectivity index (χ2n) is 4.32. The van der Waals surface area contributed by atoms with Crippen LogP contribution in [0.25, 0.3) is 0 Å². The van der Waals surface area contributed by atoms with Crippen molar-refractivity contribution in [3.8, 4) is 5.75 Å². The summed E-state index contributed by atoms with van der Waals surface area (Å²) in [5, 5.41) is 5.87. The van der Waals surface area contributed by atoms with Gasteiger partial charge in [-0.1, -0.05) is 19.9 Å². The molecule has 0 bridgehead atoms. The zero-order valence-corrected chi connectivity index (χ0v) is 12.5. The first-order valence-corrected chi connectivity index (χ1v) is 6.35. The lowest BCUT2D eigenvalue weighted by Gasteiger charge is -2.12. The van der Waals surface area contributed by atoms with Crippen LogP contribution in [0.15, 0.2) is 24.3 Å². The van der Waals surface area contributed by atoms with E-state index in [0.717, 1.165) is 17.9 Å². The monoisotopic (exact) mass is 286 g/mol. The van der Waals surface area contributed by atoms with E-state index in [1.54, 1.807) is 0 Å². The summed E-state index contributed by atoms with van der Waals surface area (Å²) in [4.78, 5) is 11.8. The number of benzene rings is 1. The van der Waals surface area contributed by atoms with E-state index in [0.29, 0.717) is 13.2 Å². The molecule has 0 aromatic heterocycles. The zero-order valence-electron chi connectivity index (χ0n) is 11.7. The minimum atomic E-state index is -0.0600. The molecule has 4 nitrogen and oxygen atoms in total. The first-order valence-electron chi connectivity index (χ1n) is 6.35. The molecule has 0 aliphatic heterocycles. The summed E-state index contributed by atoms with van der Waals surface area (Å²) in [6, 6.07) is 7.48. The van der Waals surface area contributed by atoms with Crippen LogP contribution in [0.2, 0.25) is 0 Å². The van der Waals surface area contributed by atoms with Crippen LogP contribution in [0.1, 0.15) is 20.3 Å². The molecule has 19 heavy (non-hydrogen) atoms. The standard InChI is InChI=1S/C14H22N2O2.ClH/c1-4-8-18-13-7-5-6-12(9-13)16-14(17)11(2)10-15-3;/h5-7,9,11,15H,4,8,10H2,1-3H3,(H,16,17);1H. The Morgan fingerprint density at radius 2 is 2.16 bits per heavy atom. The molecule has 0 spiro atoms. The maximum absolute atomic E-state index is 11.8. The second kappa shape index (κ2) is 9.64. The van der Waals surface area contributed by atoms with E-state index in [4.69, 9.17) is 4.74 Å². The van der Waals surface area contributed by atoms with Crippen molar-refractivity contribution in [2.75, 3.05) is 25.5 Å². The predicted octanol–water partition coefficient (Wildman–Crippen LogP) is 2.69. The van der Waals surface area contributed by atoms with Gasteiger partial charge in [0.05, 0.1) is 6.61 Å². The van der Waals surface area contributed by atoms with Crippen molar-refractivity contribution in [2.24, 2.45) is 5.92 Å². The lowest BCUT2D eigenvalue weighted by atomic mass is 10.1. The molecule has 0 aliphatic carbocycles. The number of nitrogens with one attached hydrogen (secondary N) is 2. The van der Waals surface area contributed by atoms with Crippen LogP contribution in [0, 0.1) is 5.92 Å². The highest BCUT2D eigenvalue weighted by atomic mass is 35.5. The van der Waals surface area contributed by atoms with Crippen molar-refractivity contribution >= 4 is 24.0 Å². The van der Waals surface area contributed by atoms with E-state index in [-0.39, 0.29) is 24.2 Å². The Kier molecular flexibility index (Phi) is 9.00. The number of anilines is 1. The molecule has 0 saturated carbocycles. The van der Waals surface area contributed by atoms with E-state index in [1.165, 1.54) is 0 Å². The van der Waals surface area contributed by atoms with Crippen LogP contribution in [0.4, 0.5) is 5.69 Å². The van der Waals surface area contributed by atoms with Gasteiger partial charge in [-0.05, 0) is 25.6 Å². The largest absolute Gasteiger partial charge is 0.494 e. The Morgan fingerprint density at radius 1 is 1.42 bits per heavy atom. The Bertz CT molecular complexity index is 385. The van der Waals surface area contributed by atoms with Gasteiger partial charge in [0, 0.05) is 24.2 Å². The minimum Gasteiger partial charge on any atom is -0.494 e. The van der Waals surface area contributed by atoms with Crippen LogP contribution in [-0.4, -0.2) is 26.1 Å². The number of amides is 1. The van der Waals surface area contributed by atoms with Gasteiger partial charge in [-0.25, -0.2) is 0 Å². The molecule has 0 radical (unpaired) electrons. The highest BCUT2D eigenvalue weighted by Gasteiger charge is 2.11. The van der Waals surface area contributed by atoms with E-state index in [2.05, 4.69) is 17.6 Å². The van der Waals surface area contributed by atoms with Gasteiger partial charge in [-0.3, -0.25) is 4.79 Å². The molecule has 1 aromatic carbocycles. The van der Waals surface area contributed by atoms with Crippen LogP contribution >= 0.6 is 12.4 Å². The molecular formula is C14H23ClN2O2. The molecule has 108 valence electrons. The third-order valence-electron chi connectivity index (χ3n) is 2.53. The maximum atomic E-state index is 11.8. The molecule has 1 unspecified atom stereocenters. The highest BCUT2D eigenvalue weighted by molar-refractivity contribution is 5.92. The van der Waals surface area contributed by atoms with Crippen molar-refractivity contribution in [3.63, 3.8) is 0 Å². The van der Waals surface area contributed by atoms with E-state index in [1.807, 2.05) is 38.2 Å². The maximum Gasteiger partial charge on any atom is 0.228 e. The number of rotatable bonds is 7. The molecule has 0 saturated heterocycles. The topological polar surface area (TPSA) is 50.4 Å². The molecule has 1 amide bonds. The van der Waals surface area contributed by atoms with Gasteiger partial charge in [0.1, 0.15) is 5.75 Å². The van der Waals surface area contributed by atoms with Gasteiger partial charge >= 0.3 is 0 Å². The second-order valence-corrected chi connectivity index (χ2v) is 4.32. The van der Waals surface area contributed by atoms with Crippen molar-refractivity contribution in [1.29, 1.82) is 0 Å². The van der Waals surface area contributed by atoms with E-state index < -0.39 is 0 Å². The average molecular weight is 287 g/mol. The molecule has 0 aliphatic rings. The molecule has 5 heteroatoms. The molecule has 1 rings (SSSR count). The van der Waals surface area contributed by atoms with Gasteiger partial charge < -0.3 is 15.4 Å². The third-order valence-corrected chi connectivity index (χ3v) is 2.53. The predicted molar refractivity (Wildman–Crippen MR) is 81.2 cm³/mol. The van der Waals surface area contributed by atoms with Gasteiger partial charge in [-0.2, -0.15) is 0 Å². The van der Waals surface area contributed by atoms with Gasteiger partial charge in [-0.15, -0.1) is 12.4 Å². The number of carbonyl (C=O) groups is 1. The number of hydrogen-bond acceptors (Lipinski definition) is 3. The number of ether oxygens (including phenoxy) is 1. The summed E-state index contributed by atoms with van der Waals surface area (Å²) >= 11 is 0. The summed E-state index contributed by atoms with van der Waals surface area (Å²) in [5.41, 5.74) is 0.775. The Hall–Kier alpha value is -1.26. The Labute approximate surface area is 121 Å². The molecule has 1 atom stereocenters. The van der Waals surface area contributed by atoms with Crippen molar-refractivity contribution in [2.45, 2.75) is 20.3 Å². The highest BCUT2D eigenvalue weighted by Crippen LogP contribution is 2.18. The number of hydrogen-bond donors (Lipinski definition) is 2. The van der Waals surface area contributed by atoms with E-state index >= 15 is 0 Å². The fourth-order valence-corrected chi connectivity index (χ4v) is 1.55. The number of carbonyl (C=O) groups excluding carboxylic acids is 1. The smallest absolute Gasteiger partial charge is 0.228 e. The van der Waals surface area contributed by atoms with Crippen LogP contribution in [0.3, 0.4) is 0 Å². The summed E-state index contributed by atoms with van der Waals surface area (Å²) in [6.07, 6.45) is 0.968. The normalized spacial score (nSPS) is 11.3. The van der Waals surface area contributed by atoms with Crippen LogP contribution in [0.5, 0.6) is 5.75 Å². The fraction of sp³-hybridized carbons (Fsp3) is 0.500. The first kappa shape index (κ1) is 17.7. The van der Waals surface area contributed by atoms with Crippen molar-refractivity contribution < 1.29 is 9.53 Å². The summed E-state index contributed by atoms with van der Waals surface area (Å²) in [7, 11) is 1.84. The fourth-order valence-electron chi connectivity index (χ4n) is 1.55. The molecule has 1 aromatic rings. The molecule has 0 heterocycles. The van der Waals surface area contributed by atoms with Gasteiger partial charge in [0.15, 0.2) is 0 Å². The Morgan fingerprint density at radius 3 is 2.79 bits per heavy atom. The van der Waals surface area contributed by atoms with Gasteiger partial charge in [0.2, 0.25) is 5.91 Å². The summed E-state index contributed by atoms with van der Waals surface area (Å²) in [5.74, 6) is 0.739. The lowest BCUT2D eigenvalue weighted by molar-refractivity contribution is -0.119. The molecule has 2 N–H and O–H groups in total. The van der Waals surface area contributed by atoms with Gasteiger partial charge in [0.25, 0.3) is 0 Å². The third kappa shape index (κ3) is 6.45. The summed E-state index contributed by atoms with van der Waals surface area (Å²) in [6.45, 7) is 5.31. The molecule has 0 fully saturated rings. The SMILES string of the molecule is CCCOc1cccc(NC(=O)C(C)CNC)c1.Cl. The van der Waals surface area contributed by atoms with Crippen LogP contribution < -0.4 is 15.4 Å². The number of halogens is 1. The summed E-state index contributed by atoms with van der Waals surface area (Å²) < 4.78 is 5.52. The zero-order chi connectivity index (χ0) is 13.4. The van der Waals surface area contributed by atoms with Crippen LogP contribution in [-0.2, 0) is 4.79 Å². The lowest BCUT2D eigenvalue weighted by Crippen LogP contribution is -2.28. The minimum absolute atomic E-state index is 0. The van der Waals surface area contributed by atoms with Crippen molar-refractivity contribution in [3.05, 3.63) is 24.3 Å². The quantitative estimate of drug-likeness (QED) is 0.810. The average Bonchev–Trinajstić information content (AvgIpc) is 2.37.